The first-order valence-electron chi connectivity index (χ1n) is 14.1. The number of alkyl halides is 3. The molecule has 1 aliphatic carbocycles. The van der Waals surface area contributed by atoms with Gasteiger partial charge in [0, 0.05) is 5.69 Å². The average Bonchev–Trinajstić information content (AvgIpc) is 3.35. The van der Waals surface area contributed by atoms with Crippen molar-refractivity contribution in [2.75, 3.05) is 23.1 Å². The lowest BCUT2D eigenvalue weighted by Gasteiger charge is -2.26. The van der Waals surface area contributed by atoms with Crippen LogP contribution in [0.4, 0.5) is 24.5 Å². The Hall–Kier alpha value is -3.57. The molecular weight excluding hydrogens is 575 g/mol. The van der Waals surface area contributed by atoms with Crippen LogP contribution in [0.25, 0.3) is 0 Å². The molecule has 1 saturated heterocycles. The Bertz CT molecular complexity index is 1260. The second-order valence-electron chi connectivity index (χ2n) is 10.2. The fraction of sp³-hybridized carbons (Fsp3) is 0.406. The summed E-state index contributed by atoms with van der Waals surface area (Å²) >= 11 is 1.70. The lowest BCUT2D eigenvalue weighted by atomic mass is 9.91. The monoisotopic (exact) mass is 617 g/mol. The van der Waals surface area contributed by atoms with E-state index in [1.165, 1.54) is 36.9 Å². The van der Waals surface area contributed by atoms with E-state index in [2.05, 4.69) is 78.3 Å². The van der Waals surface area contributed by atoms with Crippen LogP contribution >= 0.6 is 11.8 Å². The number of benzene rings is 2. The van der Waals surface area contributed by atoms with Crippen molar-refractivity contribution in [2.45, 2.75) is 64.1 Å². The van der Waals surface area contributed by atoms with Crippen molar-refractivity contribution < 1.29 is 22.7 Å². The third kappa shape index (κ3) is 11.2. The van der Waals surface area contributed by atoms with E-state index in [4.69, 9.17) is 0 Å². The van der Waals surface area contributed by atoms with Crippen molar-refractivity contribution in [3.05, 3.63) is 78.4 Å². The number of amides is 1. The highest BCUT2D eigenvalue weighted by Crippen LogP contribution is 2.37. The maximum atomic E-state index is 12.1. The number of aliphatic imine (C=N–C) groups is 1. The maximum absolute atomic E-state index is 12.1. The lowest BCUT2D eigenvalue weighted by molar-refractivity contribution is -0.274. The Morgan fingerprint density at radius 1 is 1.21 bits per heavy atom. The summed E-state index contributed by atoms with van der Waals surface area (Å²) in [5, 5.41) is 4.38. The number of hydrogen-bond donors (Lipinski definition) is 2. The standard InChI is InChI=1S/C16H18F3N3O.C15H19NOS.CH5N/c1-11-3-5-12(6-4-11)15(20-2)22-21-13-7-9-14(10-8-13)23-16(17,18)19;1-4-7-15-16(14(17)10-18-15)13-9-6-5-8-12(13)11(2)3;1-2/h5,7-11,21H,2-4,6H2,1H3;4-6,8-9,11,15H,1,7,10H2,2-3H3;2H2,1H3/b22-15-;;/t;15-;/m.1./s1. The molecule has 43 heavy (non-hydrogen) atoms. The zero-order valence-electron chi connectivity index (χ0n) is 25.2. The highest BCUT2D eigenvalue weighted by molar-refractivity contribution is 8.01. The Morgan fingerprint density at radius 2 is 1.88 bits per heavy atom. The summed E-state index contributed by atoms with van der Waals surface area (Å²) in [5.41, 5.74) is 11.1. The van der Waals surface area contributed by atoms with E-state index >= 15 is 0 Å². The van der Waals surface area contributed by atoms with Gasteiger partial charge in [0.2, 0.25) is 5.91 Å². The third-order valence-electron chi connectivity index (χ3n) is 6.63. The first kappa shape index (κ1) is 35.6. The number of carbonyl (C=O) groups is 1. The third-order valence-corrected chi connectivity index (χ3v) is 7.83. The minimum absolute atomic E-state index is 0.204. The second kappa shape index (κ2) is 17.5. The zero-order chi connectivity index (χ0) is 32.0. The van der Waals surface area contributed by atoms with Crippen molar-refractivity contribution in [1.29, 1.82) is 0 Å². The van der Waals surface area contributed by atoms with Crippen LogP contribution in [0.2, 0.25) is 0 Å². The molecule has 11 heteroatoms. The van der Waals surface area contributed by atoms with Crippen LogP contribution < -0.4 is 20.8 Å². The van der Waals surface area contributed by atoms with Gasteiger partial charge in [-0.15, -0.1) is 31.5 Å². The number of ether oxygens (including phenoxy) is 1. The zero-order valence-corrected chi connectivity index (χ0v) is 26.0. The number of thioether (sulfide) groups is 1. The SMILES string of the molecule is C=CC[C@H]1SCC(=O)N1c1ccccc1C(C)C.C=N/C(=N\Nc1ccc(OC(F)(F)F)cc1)C1=CCC(C)CC1.CN. The molecule has 1 aliphatic heterocycles. The van der Waals surface area contributed by atoms with Crippen molar-refractivity contribution in [3.63, 3.8) is 0 Å². The molecule has 2 aromatic carbocycles. The number of carbonyl (C=O) groups excluding carboxylic acids is 1. The molecule has 234 valence electrons. The first-order chi connectivity index (χ1) is 20.5. The summed E-state index contributed by atoms with van der Waals surface area (Å²) in [4.78, 5) is 18.0. The van der Waals surface area contributed by atoms with Crippen molar-refractivity contribution in [2.24, 2.45) is 21.7 Å². The summed E-state index contributed by atoms with van der Waals surface area (Å²) in [5.74, 6) is 2.08. The summed E-state index contributed by atoms with van der Waals surface area (Å²) in [7, 11) is 1.50. The van der Waals surface area contributed by atoms with E-state index in [1.54, 1.807) is 11.8 Å². The summed E-state index contributed by atoms with van der Waals surface area (Å²) in [6.07, 6.45) is 3.07. The summed E-state index contributed by atoms with van der Waals surface area (Å²) in [6, 6.07) is 13.5. The Morgan fingerprint density at radius 3 is 2.44 bits per heavy atom. The molecule has 0 saturated carbocycles. The predicted molar refractivity (Wildman–Crippen MR) is 174 cm³/mol. The quantitative estimate of drug-likeness (QED) is 0.135. The van der Waals surface area contributed by atoms with Crippen molar-refractivity contribution in [3.8, 4) is 5.75 Å². The molecule has 2 atom stereocenters. The first-order valence-corrected chi connectivity index (χ1v) is 15.1. The van der Waals surface area contributed by atoms with E-state index in [0.29, 0.717) is 29.1 Å². The summed E-state index contributed by atoms with van der Waals surface area (Å²) in [6.45, 7) is 13.8. The molecule has 1 unspecified atom stereocenters. The van der Waals surface area contributed by atoms with E-state index < -0.39 is 6.36 Å². The molecule has 1 fully saturated rings. The molecule has 0 bridgehead atoms. The smallest absolute Gasteiger partial charge is 0.406 e. The number of rotatable bonds is 8. The number of hydrogen-bond acceptors (Lipinski definition) is 6. The number of nitrogens with one attached hydrogen (secondary N) is 1. The minimum Gasteiger partial charge on any atom is -0.406 e. The van der Waals surface area contributed by atoms with Crippen LogP contribution in [0.5, 0.6) is 5.75 Å². The number of nitrogens with zero attached hydrogens (tertiary/aromatic N) is 3. The molecule has 0 spiro atoms. The Balaban J connectivity index is 0.000000291. The number of nitrogens with two attached hydrogens (primary N) is 1. The molecule has 3 N–H and O–H groups in total. The number of amidine groups is 1. The highest BCUT2D eigenvalue weighted by atomic mass is 32.2. The van der Waals surface area contributed by atoms with Gasteiger partial charge in [0.05, 0.1) is 16.8 Å². The van der Waals surface area contributed by atoms with Crippen LogP contribution in [0.1, 0.15) is 57.9 Å². The number of hydrazone groups is 1. The van der Waals surface area contributed by atoms with Gasteiger partial charge in [-0.2, -0.15) is 5.10 Å². The molecule has 7 nitrogen and oxygen atoms in total. The van der Waals surface area contributed by atoms with E-state index in [0.717, 1.165) is 36.9 Å². The van der Waals surface area contributed by atoms with Gasteiger partial charge in [0.15, 0.2) is 5.84 Å². The van der Waals surface area contributed by atoms with Gasteiger partial charge in [-0.25, -0.2) is 4.99 Å². The number of halogens is 3. The number of para-hydroxylation sites is 1. The van der Waals surface area contributed by atoms with Crippen LogP contribution in [0.3, 0.4) is 0 Å². The molecule has 4 rings (SSSR count). The molecule has 0 aromatic heterocycles. The Labute approximate surface area is 257 Å². The molecule has 0 radical (unpaired) electrons. The van der Waals surface area contributed by atoms with Gasteiger partial charge >= 0.3 is 6.36 Å². The van der Waals surface area contributed by atoms with Crippen molar-refractivity contribution in [1.82, 2.24) is 0 Å². The summed E-state index contributed by atoms with van der Waals surface area (Å²) < 4.78 is 40.1. The molecule has 2 aromatic rings. The van der Waals surface area contributed by atoms with Crippen molar-refractivity contribution >= 4 is 41.6 Å². The van der Waals surface area contributed by atoms with E-state index in [-0.39, 0.29) is 17.0 Å². The molecule has 2 aliphatic rings. The molecule has 1 amide bonds. The van der Waals surface area contributed by atoms with Crippen LogP contribution in [0.15, 0.2) is 82.9 Å². The number of anilines is 2. The van der Waals surface area contributed by atoms with E-state index in [9.17, 15) is 18.0 Å². The maximum Gasteiger partial charge on any atom is 0.573 e. The highest BCUT2D eigenvalue weighted by Gasteiger charge is 2.33. The Kier molecular flexibility index (Phi) is 14.5. The van der Waals surface area contributed by atoms with E-state index in [1.807, 2.05) is 23.1 Å². The fourth-order valence-corrected chi connectivity index (χ4v) is 5.62. The van der Waals surface area contributed by atoms with Gasteiger partial charge < -0.3 is 10.5 Å². The molecule has 1 heterocycles. The largest absolute Gasteiger partial charge is 0.573 e. The van der Waals surface area contributed by atoms with Gasteiger partial charge in [0.25, 0.3) is 0 Å². The van der Waals surface area contributed by atoms with Gasteiger partial charge in [-0.3, -0.25) is 15.1 Å². The lowest BCUT2D eigenvalue weighted by Crippen LogP contribution is -2.33. The second-order valence-corrected chi connectivity index (χ2v) is 11.3. The van der Waals surface area contributed by atoms with Gasteiger partial charge in [-0.1, -0.05) is 51.1 Å². The van der Waals surface area contributed by atoms with Crippen LogP contribution in [-0.4, -0.2) is 43.0 Å². The normalized spacial score (nSPS) is 18.5. The predicted octanol–water partition coefficient (Wildman–Crippen LogP) is 8.12. The average molecular weight is 618 g/mol. The minimum atomic E-state index is -4.70. The van der Waals surface area contributed by atoms with Crippen LogP contribution in [-0.2, 0) is 4.79 Å². The van der Waals surface area contributed by atoms with Gasteiger partial charge in [0.1, 0.15) is 5.75 Å². The fourth-order valence-electron chi connectivity index (χ4n) is 4.50. The van der Waals surface area contributed by atoms with Crippen LogP contribution in [0, 0.1) is 5.92 Å². The van der Waals surface area contributed by atoms with Gasteiger partial charge in [-0.05, 0) is 92.8 Å². The molecular formula is C32H42F3N5O2S. The number of allylic oxidation sites excluding steroid dienone is 1. The topological polar surface area (TPSA) is 92.3 Å².